The highest BCUT2D eigenvalue weighted by Gasteiger charge is 1.76. The fourth-order valence-corrected chi connectivity index (χ4v) is 0.557. The number of thioether (sulfide) groups is 1. The van der Waals surface area contributed by atoms with Crippen molar-refractivity contribution in [3.8, 4) is 0 Å². The number of rotatable bonds is 3. The molecule has 0 saturated carbocycles. The summed E-state index contributed by atoms with van der Waals surface area (Å²) in [7, 11) is 0. The van der Waals surface area contributed by atoms with Crippen LogP contribution < -0.4 is 0 Å². The second kappa shape index (κ2) is 5.70. The molecule has 0 atom stereocenters. The zero-order valence-corrected chi connectivity index (χ0v) is 6.74. The van der Waals surface area contributed by atoms with Crippen LogP contribution in [0.2, 0.25) is 0 Å². The van der Waals surface area contributed by atoms with Crippen LogP contribution in [0.5, 0.6) is 0 Å². The first-order chi connectivity index (χ1) is 4.31. The fourth-order valence-electron chi connectivity index (χ4n) is 0.342. The van der Waals surface area contributed by atoms with Gasteiger partial charge in [-0.2, -0.15) is 0 Å². The van der Waals surface area contributed by atoms with Crippen molar-refractivity contribution in [1.82, 2.24) is 0 Å². The highest BCUT2D eigenvalue weighted by atomic mass is 32.2. The zero-order valence-electron chi connectivity index (χ0n) is 5.92. The molecule has 0 N–H and O–H groups in total. The molecule has 0 aliphatic rings. The first kappa shape index (κ1) is 8.57. The van der Waals surface area contributed by atoms with Crippen LogP contribution in [0.15, 0.2) is 35.8 Å². The van der Waals surface area contributed by atoms with Crippen LogP contribution in [0.25, 0.3) is 0 Å². The largest absolute Gasteiger partial charge is 0.130 e. The molecule has 1 heteroatoms. The molecule has 50 valence electrons. The van der Waals surface area contributed by atoms with Crippen molar-refractivity contribution in [2.45, 2.75) is 6.92 Å². The van der Waals surface area contributed by atoms with Crippen molar-refractivity contribution < 1.29 is 0 Å². The van der Waals surface area contributed by atoms with Crippen molar-refractivity contribution in [3.05, 3.63) is 35.8 Å². The Morgan fingerprint density at radius 2 is 2.11 bits per heavy atom. The highest BCUT2D eigenvalue weighted by Crippen LogP contribution is 2.08. The first-order valence-corrected chi connectivity index (χ1v) is 4.06. The van der Waals surface area contributed by atoms with Crippen LogP contribution in [-0.4, -0.2) is 6.26 Å². The number of allylic oxidation sites excluding steroid dienone is 4. The molecule has 0 spiro atoms. The summed E-state index contributed by atoms with van der Waals surface area (Å²) in [6, 6.07) is 0. The van der Waals surface area contributed by atoms with Crippen molar-refractivity contribution in [2.24, 2.45) is 0 Å². The molecule has 0 aliphatic carbocycles. The van der Waals surface area contributed by atoms with Gasteiger partial charge >= 0.3 is 0 Å². The maximum Gasteiger partial charge on any atom is -0.000285 e. The average molecular weight is 140 g/mol. The van der Waals surface area contributed by atoms with Gasteiger partial charge < -0.3 is 0 Å². The van der Waals surface area contributed by atoms with Gasteiger partial charge in [-0.1, -0.05) is 24.8 Å². The lowest BCUT2D eigenvalue weighted by molar-refractivity contribution is 1.73. The molecule has 0 aromatic rings. The van der Waals surface area contributed by atoms with Gasteiger partial charge in [0.05, 0.1) is 0 Å². The minimum absolute atomic E-state index is 1.09. The van der Waals surface area contributed by atoms with Gasteiger partial charge in [-0.25, -0.2) is 0 Å². The van der Waals surface area contributed by atoms with Crippen LogP contribution in [0.4, 0.5) is 0 Å². The van der Waals surface area contributed by atoms with Crippen LogP contribution in [0.3, 0.4) is 0 Å². The summed E-state index contributed by atoms with van der Waals surface area (Å²) in [5.41, 5.74) is 0. The lowest BCUT2D eigenvalue weighted by Gasteiger charge is -1.86. The van der Waals surface area contributed by atoms with Crippen molar-refractivity contribution in [1.29, 1.82) is 0 Å². The van der Waals surface area contributed by atoms with Crippen LogP contribution in [0, 0.1) is 0 Å². The van der Waals surface area contributed by atoms with Gasteiger partial charge in [0, 0.05) is 0 Å². The zero-order chi connectivity index (χ0) is 7.11. The topological polar surface area (TPSA) is 0 Å². The SMILES string of the molecule is C=C(C=CC=CC)SC. The van der Waals surface area contributed by atoms with E-state index < -0.39 is 0 Å². The first-order valence-electron chi connectivity index (χ1n) is 2.83. The summed E-state index contributed by atoms with van der Waals surface area (Å²) in [6.45, 7) is 5.78. The molecule has 0 saturated heterocycles. The molecule has 0 rings (SSSR count). The van der Waals surface area contributed by atoms with E-state index in [0.717, 1.165) is 4.91 Å². The van der Waals surface area contributed by atoms with Crippen LogP contribution in [0.1, 0.15) is 6.92 Å². The molecule has 0 heterocycles. The summed E-state index contributed by atoms with van der Waals surface area (Å²) in [4.78, 5) is 1.09. The Bertz CT molecular complexity index is 132. The number of hydrogen-bond donors (Lipinski definition) is 0. The number of hydrogen-bond acceptors (Lipinski definition) is 1. The third-order valence-corrected chi connectivity index (χ3v) is 1.51. The fraction of sp³-hybridized carbons (Fsp3) is 0.250. The third-order valence-electron chi connectivity index (χ3n) is 0.848. The van der Waals surface area contributed by atoms with Gasteiger partial charge in [0.1, 0.15) is 0 Å². The maximum absolute atomic E-state index is 3.79. The molecule has 0 amide bonds. The van der Waals surface area contributed by atoms with E-state index >= 15 is 0 Å². The molecule has 0 aliphatic heterocycles. The van der Waals surface area contributed by atoms with Gasteiger partial charge in [0.15, 0.2) is 0 Å². The molecule has 9 heavy (non-hydrogen) atoms. The van der Waals surface area contributed by atoms with Crippen molar-refractivity contribution in [3.63, 3.8) is 0 Å². The van der Waals surface area contributed by atoms with Crippen LogP contribution in [-0.2, 0) is 0 Å². The molecule has 0 aromatic heterocycles. The summed E-state index contributed by atoms with van der Waals surface area (Å²) >= 11 is 1.66. The van der Waals surface area contributed by atoms with E-state index in [9.17, 15) is 0 Å². The lowest BCUT2D eigenvalue weighted by atomic mass is 10.4. The molecule has 0 radical (unpaired) electrons. The van der Waals surface area contributed by atoms with E-state index in [2.05, 4.69) is 6.58 Å². The predicted octanol–water partition coefficient (Wildman–Crippen LogP) is 3.00. The molecule has 0 bridgehead atoms. The smallest absolute Gasteiger partial charge is 0.000285 e. The Kier molecular flexibility index (Phi) is 5.43. The van der Waals surface area contributed by atoms with E-state index in [0.29, 0.717) is 0 Å². The standard InChI is InChI=1S/C8H12S/c1-4-5-6-7-8(2)9-3/h4-7H,2H2,1,3H3. The Morgan fingerprint density at radius 3 is 2.56 bits per heavy atom. The average Bonchev–Trinajstić information content (AvgIpc) is 1.89. The molecular formula is C8H12S. The van der Waals surface area contributed by atoms with Crippen molar-refractivity contribution >= 4 is 11.8 Å². The summed E-state index contributed by atoms with van der Waals surface area (Å²) in [5, 5.41) is 0. The Labute approximate surface area is 61.3 Å². The lowest BCUT2D eigenvalue weighted by Crippen LogP contribution is -1.59. The maximum atomic E-state index is 3.79. The van der Waals surface area contributed by atoms with E-state index in [1.54, 1.807) is 11.8 Å². The highest BCUT2D eigenvalue weighted by molar-refractivity contribution is 8.02. The van der Waals surface area contributed by atoms with Gasteiger partial charge in [-0.15, -0.1) is 11.8 Å². The minimum atomic E-state index is 1.09. The second-order valence-electron chi connectivity index (χ2n) is 1.56. The van der Waals surface area contributed by atoms with E-state index in [4.69, 9.17) is 0 Å². The summed E-state index contributed by atoms with van der Waals surface area (Å²) in [6.07, 6.45) is 9.97. The van der Waals surface area contributed by atoms with Gasteiger partial charge in [0.2, 0.25) is 0 Å². The van der Waals surface area contributed by atoms with Crippen LogP contribution >= 0.6 is 11.8 Å². The second-order valence-corrected chi connectivity index (χ2v) is 2.49. The third kappa shape index (κ3) is 5.44. The molecule has 0 fully saturated rings. The van der Waals surface area contributed by atoms with E-state index in [-0.39, 0.29) is 0 Å². The van der Waals surface area contributed by atoms with Gasteiger partial charge in [-0.3, -0.25) is 0 Å². The molecule has 0 aromatic carbocycles. The van der Waals surface area contributed by atoms with Gasteiger partial charge in [-0.05, 0) is 24.2 Å². The van der Waals surface area contributed by atoms with E-state index in [1.807, 2.05) is 37.5 Å². The predicted molar refractivity (Wildman–Crippen MR) is 46.6 cm³/mol. The summed E-state index contributed by atoms with van der Waals surface area (Å²) in [5.74, 6) is 0. The Morgan fingerprint density at radius 1 is 1.44 bits per heavy atom. The molecular weight excluding hydrogens is 128 g/mol. The molecule has 0 unspecified atom stereocenters. The Balaban J connectivity index is 3.57. The normalized spacial score (nSPS) is 11.3. The quantitative estimate of drug-likeness (QED) is 0.543. The summed E-state index contributed by atoms with van der Waals surface area (Å²) < 4.78 is 0. The van der Waals surface area contributed by atoms with Gasteiger partial charge in [0.25, 0.3) is 0 Å². The van der Waals surface area contributed by atoms with Crippen molar-refractivity contribution in [2.75, 3.05) is 6.26 Å². The minimum Gasteiger partial charge on any atom is -0.130 e. The Hall–Kier alpha value is -0.430. The van der Waals surface area contributed by atoms with E-state index in [1.165, 1.54) is 0 Å². The monoisotopic (exact) mass is 140 g/mol. The molecule has 0 nitrogen and oxygen atoms in total.